The predicted octanol–water partition coefficient (Wildman–Crippen LogP) is 2.87. The molecule has 1 aliphatic rings. The molecule has 1 heterocycles. The summed E-state index contributed by atoms with van der Waals surface area (Å²) >= 11 is 5.71. The van der Waals surface area contributed by atoms with Gasteiger partial charge in [-0.25, -0.2) is 4.39 Å². The van der Waals surface area contributed by atoms with Crippen LogP contribution in [-0.4, -0.2) is 25.3 Å². The molecule has 2 nitrogen and oxygen atoms in total. The molecule has 0 spiro atoms. The van der Waals surface area contributed by atoms with E-state index in [9.17, 15) is 4.39 Å². The Labute approximate surface area is 105 Å². The number of halogens is 2. The molecule has 2 atom stereocenters. The summed E-state index contributed by atoms with van der Waals surface area (Å²) in [6.07, 6.45) is 3.93. The van der Waals surface area contributed by atoms with E-state index in [-0.39, 0.29) is 11.1 Å². The molecule has 0 bridgehead atoms. The molecule has 2 rings (SSSR count). The molecule has 0 amide bonds. The van der Waals surface area contributed by atoms with Gasteiger partial charge >= 0.3 is 0 Å². The number of hydrogen-bond donors (Lipinski definition) is 1. The quantitative estimate of drug-likeness (QED) is 0.878. The maximum absolute atomic E-state index is 13.0. The molecule has 1 aromatic carbocycles. The average molecular weight is 256 g/mol. The Kier molecular flexibility index (Phi) is 4.15. The molecule has 0 aliphatic carbocycles. The molecule has 2 unspecified atom stereocenters. The van der Waals surface area contributed by atoms with Gasteiger partial charge in [0.25, 0.3) is 0 Å². The van der Waals surface area contributed by atoms with Crippen LogP contribution in [0.15, 0.2) is 24.3 Å². The monoisotopic (exact) mass is 255 g/mol. The highest BCUT2D eigenvalue weighted by Crippen LogP contribution is 2.17. The van der Waals surface area contributed by atoms with Crippen LogP contribution in [0.3, 0.4) is 0 Å². The van der Waals surface area contributed by atoms with Crippen molar-refractivity contribution < 1.29 is 9.13 Å². The largest absolute Gasteiger partial charge is 0.378 e. The molecule has 0 saturated carbocycles. The van der Waals surface area contributed by atoms with Crippen molar-refractivity contribution in [2.45, 2.75) is 19.0 Å². The number of nitrogens with one attached hydrogen (secondary N) is 1. The second-order valence-electron chi connectivity index (χ2n) is 4.24. The molecule has 1 aromatic rings. The van der Waals surface area contributed by atoms with Crippen LogP contribution in [0.1, 0.15) is 12.5 Å². The Morgan fingerprint density at radius 2 is 2.29 bits per heavy atom. The third-order valence-corrected chi connectivity index (χ3v) is 2.92. The zero-order valence-electron chi connectivity index (χ0n) is 9.62. The van der Waals surface area contributed by atoms with Crippen LogP contribution in [-0.2, 0) is 4.74 Å². The Morgan fingerprint density at radius 3 is 3.00 bits per heavy atom. The minimum Gasteiger partial charge on any atom is -0.378 e. The maximum Gasteiger partial charge on any atom is 0.141 e. The summed E-state index contributed by atoms with van der Waals surface area (Å²) in [7, 11) is 0. The van der Waals surface area contributed by atoms with Crippen LogP contribution in [0.5, 0.6) is 0 Å². The van der Waals surface area contributed by atoms with E-state index in [0.717, 1.165) is 12.2 Å². The Morgan fingerprint density at radius 1 is 1.47 bits per heavy atom. The van der Waals surface area contributed by atoms with Crippen molar-refractivity contribution in [1.29, 1.82) is 0 Å². The first-order valence-electron chi connectivity index (χ1n) is 5.62. The van der Waals surface area contributed by atoms with Gasteiger partial charge in [-0.15, -0.1) is 0 Å². The lowest BCUT2D eigenvalue weighted by Gasteiger charge is -2.26. The fourth-order valence-electron chi connectivity index (χ4n) is 1.79. The van der Waals surface area contributed by atoms with Gasteiger partial charge in [0, 0.05) is 12.1 Å². The Balaban J connectivity index is 2.01. The first kappa shape index (κ1) is 12.6. The van der Waals surface area contributed by atoms with Gasteiger partial charge < -0.3 is 10.1 Å². The van der Waals surface area contributed by atoms with Crippen molar-refractivity contribution in [3.8, 4) is 0 Å². The van der Waals surface area contributed by atoms with E-state index < -0.39 is 5.82 Å². The lowest BCUT2D eigenvalue weighted by Crippen LogP contribution is -2.46. The zero-order chi connectivity index (χ0) is 12.3. The van der Waals surface area contributed by atoms with Crippen molar-refractivity contribution in [3.05, 3.63) is 40.7 Å². The minimum absolute atomic E-state index is 0.147. The van der Waals surface area contributed by atoms with E-state index in [1.54, 1.807) is 12.1 Å². The summed E-state index contributed by atoms with van der Waals surface area (Å²) in [6, 6.07) is 5.23. The fourth-order valence-corrected chi connectivity index (χ4v) is 1.98. The minimum atomic E-state index is -0.392. The van der Waals surface area contributed by atoms with Crippen molar-refractivity contribution in [2.75, 3.05) is 13.2 Å². The van der Waals surface area contributed by atoms with Crippen LogP contribution in [0.4, 0.5) is 4.39 Å². The van der Waals surface area contributed by atoms with Crippen LogP contribution in [0, 0.1) is 5.82 Å². The number of morpholine rings is 1. The van der Waals surface area contributed by atoms with Gasteiger partial charge in [0.15, 0.2) is 0 Å². The smallest absolute Gasteiger partial charge is 0.141 e. The summed E-state index contributed by atoms with van der Waals surface area (Å²) in [4.78, 5) is 0. The van der Waals surface area contributed by atoms with E-state index in [0.29, 0.717) is 12.6 Å². The highest BCUT2D eigenvalue weighted by Gasteiger charge is 2.15. The molecule has 0 radical (unpaired) electrons. The van der Waals surface area contributed by atoms with Gasteiger partial charge in [-0.1, -0.05) is 29.8 Å². The zero-order valence-corrected chi connectivity index (χ0v) is 10.4. The van der Waals surface area contributed by atoms with Crippen LogP contribution < -0.4 is 5.32 Å². The molecule has 1 aliphatic heterocycles. The summed E-state index contributed by atoms with van der Waals surface area (Å²) in [6.45, 7) is 3.48. The van der Waals surface area contributed by atoms with Gasteiger partial charge in [0.1, 0.15) is 5.82 Å². The first-order valence-corrected chi connectivity index (χ1v) is 6.00. The summed E-state index contributed by atoms with van der Waals surface area (Å²) in [5.74, 6) is -0.392. The highest BCUT2D eigenvalue weighted by molar-refractivity contribution is 6.30. The molecular weight excluding hydrogens is 241 g/mol. The second kappa shape index (κ2) is 5.63. The van der Waals surface area contributed by atoms with E-state index in [4.69, 9.17) is 16.3 Å². The highest BCUT2D eigenvalue weighted by atomic mass is 35.5. The number of ether oxygens (including phenoxy) is 1. The van der Waals surface area contributed by atoms with Crippen LogP contribution >= 0.6 is 11.6 Å². The first-order chi connectivity index (χ1) is 8.15. The van der Waals surface area contributed by atoms with E-state index in [2.05, 4.69) is 12.2 Å². The molecule has 1 saturated heterocycles. The van der Waals surface area contributed by atoms with Crippen molar-refractivity contribution in [2.24, 2.45) is 0 Å². The topological polar surface area (TPSA) is 21.3 Å². The maximum atomic E-state index is 13.0. The Bertz CT molecular complexity index is 422. The summed E-state index contributed by atoms with van der Waals surface area (Å²) < 4.78 is 18.4. The molecule has 1 fully saturated rings. The van der Waals surface area contributed by atoms with Crippen molar-refractivity contribution >= 4 is 17.7 Å². The van der Waals surface area contributed by atoms with Gasteiger partial charge in [-0.3, -0.25) is 0 Å². The predicted molar refractivity (Wildman–Crippen MR) is 67.6 cm³/mol. The molecule has 4 heteroatoms. The third-order valence-electron chi connectivity index (χ3n) is 2.63. The van der Waals surface area contributed by atoms with Gasteiger partial charge in [-0.2, -0.15) is 0 Å². The lowest BCUT2D eigenvalue weighted by atomic mass is 10.1. The van der Waals surface area contributed by atoms with E-state index in [1.807, 2.05) is 12.2 Å². The summed E-state index contributed by atoms with van der Waals surface area (Å²) in [5.41, 5.74) is 0.886. The van der Waals surface area contributed by atoms with Crippen LogP contribution in [0.2, 0.25) is 5.02 Å². The van der Waals surface area contributed by atoms with Crippen molar-refractivity contribution in [1.82, 2.24) is 5.32 Å². The Hall–Kier alpha value is -0.900. The number of rotatable bonds is 2. The molecular formula is C13H15ClFNO. The van der Waals surface area contributed by atoms with Crippen LogP contribution in [0.25, 0.3) is 6.08 Å². The second-order valence-corrected chi connectivity index (χ2v) is 4.65. The van der Waals surface area contributed by atoms with Crippen molar-refractivity contribution in [3.63, 3.8) is 0 Å². The van der Waals surface area contributed by atoms with Gasteiger partial charge in [-0.05, 0) is 24.6 Å². The normalized spacial score (nSPS) is 25.4. The molecule has 1 N–H and O–H groups in total. The van der Waals surface area contributed by atoms with Gasteiger partial charge in [0.05, 0.1) is 18.2 Å². The molecule has 0 aromatic heterocycles. The van der Waals surface area contributed by atoms with E-state index in [1.165, 1.54) is 6.07 Å². The number of hydrogen-bond acceptors (Lipinski definition) is 2. The number of benzene rings is 1. The standard InChI is InChI=1S/C13H15ClFNO/c1-9-7-17-8-11(16-9)4-2-10-3-5-13(15)12(14)6-10/h2-6,9,11,16H,7-8H2,1H3/b4-2+. The van der Waals surface area contributed by atoms with Gasteiger partial charge in [0.2, 0.25) is 0 Å². The SMILES string of the molecule is CC1COCC(/C=C/c2ccc(F)c(Cl)c2)N1. The third kappa shape index (κ3) is 3.53. The average Bonchev–Trinajstić information content (AvgIpc) is 2.31. The molecule has 92 valence electrons. The van der Waals surface area contributed by atoms with E-state index >= 15 is 0 Å². The fraction of sp³-hybridized carbons (Fsp3) is 0.385. The molecule has 17 heavy (non-hydrogen) atoms. The summed E-state index contributed by atoms with van der Waals surface area (Å²) in [5, 5.41) is 3.54. The lowest BCUT2D eigenvalue weighted by molar-refractivity contribution is 0.0637.